The Labute approximate surface area is 140 Å². The summed E-state index contributed by atoms with van der Waals surface area (Å²) in [6.07, 6.45) is 6.53. The largest absolute Gasteiger partial charge is 0.482 e. The highest BCUT2D eigenvalue weighted by molar-refractivity contribution is 5.91. The van der Waals surface area contributed by atoms with Crippen LogP contribution in [0.3, 0.4) is 0 Å². The van der Waals surface area contributed by atoms with Gasteiger partial charge in [-0.3, -0.25) is 9.78 Å². The fourth-order valence-electron chi connectivity index (χ4n) is 1.80. The summed E-state index contributed by atoms with van der Waals surface area (Å²) in [6.45, 7) is 0.315. The van der Waals surface area contributed by atoms with Gasteiger partial charge in [-0.05, 0) is 41.5 Å². The fraction of sp³-hybridized carbons (Fsp3) is 0.167. The summed E-state index contributed by atoms with van der Waals surface area (Å²) >= 11 is 0. The second kappa shape index (κ2) is 9.09. The molecule has 0 bridgehead atoms. The molecule has 0 saturated carbocycles. The number of carbonyl (C=O) groups is 2. The molecule has 24 heavy (non-hydrogen) atoms. The van der Waals surface area contributed by atoms with E-state index in [2.05, 4.69) is 15.0 Å². The molecule has 2 rings (SSSR count). The molecule has 0 aliphatic heterocycles. The third kappa shape index (κ3) is 5.92. The molecule has 1 aromatic carbocycles. The highest BCUT2D eigenvalue weighted by Crippen LogP contribution is 2.13. The van der Waals surface area contributed by atoms with Crippen molar-refractivity contribution >= 4 is 18.0 Å². The van der Waals surface area contributed by atoms with Crippen LogP contribution in [0.4, 0.5) is 0 Å². The Hall–Kier alpha value is -3.15. The lowest BCUT2D eigenvalue weighted by Gasteiger charge is -2.04. The van der Waals surface area contributed by atoms with E-state index in [1.165, 1.54) is 13.2 Å². The Balaban J connectivity index is 1.80. The maximum absolute atomic E-state index is 11.8. The Morgan fingerprint density at radius 3 is 2.50 bits per heavy atom. The van der Waals surface area contributed by atoms with E-state index >= 15 is 0 Å². The van der Waals surface area contributed by atoms with Crippen molar-refractivity contribution in [1.29, 1.82) is 0 Å². The van der Waals surface area contributed by atoms with Crippen LogP contribution in [0.1, 0.15) is 11.1 Å². The lowest BCUT2D eigenvalue weighted by molar-refractivity contribution is -0.142. The van der Waals surface area contributed by atoms with Crippen LogP contribution in [0.15, 0.2) is 54.9 Å². The molecular formula is C18H18N2O4. The van der Waals surface area contributed by atoms with Gasteiger partial charge in [-0.25, -0.2) is 4.79 Å². The molecule has 124 valence electrons. The molecule has 1 amide bonds. The van der Waals surface area contributed by atoms with E-state index in [0.29, 0.717) is 12.3 Å². The molecule has 1 aromatic heterocycles. The van der Waals surface area contributed by atoms with Gasteiger partial charge in [0.1, 0.15) is 5.75 Å². The second-order valence-electron chi connectivity index (χ2n) is 4.84. The minimum absolute atomic E-state index is 0.136. The summed E-state index contributed by atoms with van der Waals surface area (Å²) in [7, 11) is 1.30. The normalized spacial score (nSPS) is 10.4. The van der Waals surface area contributed by atoms with Gasteiger partial charge in [0.25, 0.3) is 0 Å². The van der Waals surface area contributed by atoms with E-state index in [1.54, 1.807) is 42.7 Å². The molecule has 6 nitrogen and oxygen atoms in total. The smallest absolute Gasteiger partial charge is 0.343 e. The van der Waals surface area contributed by atoms with E-state index in [4.69, 9.17) is 4.74 Å². The van der Waals surface area contributed by atoms with Crippen molar-refractivity contribution in [2.75, 3.05) is 13.7 Å². The van der Waals surface area contributed by atoms with E-state index in [-0.39, 0.29) is 12.5 Å². The molecule has 1 heterocycles. The molecule has 6 heteroatoms. The summed E-state index contributed by atoms with van der Waals surface area (Å²) in [5.41, 5.74) is 1.83. The summed E-state index contributed by atoms with van der Waals surface area (Å²) in [6, 6.07) is 10.7. The Kier molecular flexibility index (Phi) is 6.52. The molecular weight excluding hydrogens is 308 g/mol. The van der Waals surface area contributed by atoms with E-state index in [9.17, 15) is 9.59 Å². The van der Waals surface area contributed by atoms with Crippen LogP contribution in [-0.4, -0.2) is 30.6 Å². The van der Waals surface area contributed by atoms with Gasteiger partial charge in [0, 0.05) is 25.0 Å². The van der Waals surface area contributed by atoms with Gasteiger partial charge in [0.2, 0.25) is 5.91 Å². The number of esters is 1. The quantitative estimate of drug-likeness (QED) is 0.622. The van der Waals surface area contributed by atoms with Crippen molar-refractivity contribution in [3.8, 4) is 5.75 Å². The van der Waals surface area contributed by atoms with Crippen LogP contribution < -0.4 is 10.1 Å². The van der Waals surface area contributed by atoms with Gasteiger partial charge < -0.3 is 14.8 Å². The lowest BCUT2D eigenvalue weighted by atomic mass is 10.2. The van der Waals surface area contributed by atoms with Gasteiger partial charge >= 0.3 is 5.97 Å². The lowest BCUT2D eigenvalue weighted by Crippen LogP contribution is -2.20. The topological polar surface area (TPSA) is 77.5 Å². The zero-order chi connectivity index (χ0) is 17.2. The van der Waals surface area contributed by atoms with Gasteiger partial charge in [-0.2, -0.15) is 0 Å². The molecule has 0 atom stereocenters. The van der Waals surface area contributed by atoms with Crippen molar-refractivity contribution in [1.82, 2.24) is 10.3 Å². The first-order valence-electron chi connectivity index (χ1n) is 7.32. The van der Waals surface area contributed by atoms with Crippen LogP contribution in [0, 0.1) is 0 Å². The predicted molar refractivity (Wildman–Crippen MR) is 89.1 cm³/mol. The first-order valence-corrected chi connectivity index (χ1v) is 7.32. The standard InChI is InChI=1S/C18H18N2O4/c1-23-18(22)13-24-16-5-2-14(3-6-16)4-7-17(21)20-12-15-8-10-19-11-9-15/h2-11H,12-13H2,1H3,(H,20,21)/b7-4+. The van der Waals surface area contributed by atoms with Crippen LogP contribution in [-0.2, 0) is 20.9 Å². The molecule has 0 spiro atoms. The first-order chi connectivity index (χ1) is 11.7. The van der Waals surface area contributed by atoms with Crippen LogP contribution in [0.25, 0.3) is 6.08 Å². The van der Waals surface area contributed by atoms with Gasteiger partial charge in [0.15, 0.2) is 6.61 Å². The Morgan fingerprint density at radius 1 is 1.12 bits per heavy atom. The zero-order valence-electron chi connectivity index (χ0n) is 13.3. The first kappa shape index (κ1) is 17.2. The van der Waals surface area contributed by atoms with Gasteiger partial charge in [-0.15, -0.1) is 0 Å². The average molecular weight is 326 g/mol. The number of amides is 1. The number of rotatable bonds is 7. The summed E-state index contributed by atoms with van der Waals surface area (Å²) < 4.78 is 9.74. The number of carbonyl (C=O) groups excluding carboxylic acids is 2. The molecule has 0 unspecified atom stereocenters. The van der Waals surface area contributed by atoms with Gasteiger partial charge in [0.05, 0.1) is 7.11 Å². The molecule has 2 aromatic rings. The number of nitrogens with zero attached hydrogens (tertiary/aromatic N) is 1. The molecule has 0 saturated heterocycles. The van der Waals surface area contributed by atoms with Crippen LogP contribution >= 0.6 is 0 Å². The maximum Gasteiger partial charge on any atom is 0.343 e. The highest BCUT2D eigenvalue weighted by atomic mass is 16.6. The number of benzene rings is 1. The van der Waals surface area contributed by atoms with Crippen molar-refractivity contribution in [3.05, 3.63) is 66.0 Å². The monoisotopic (exact) mass is 326 g/mol. The highest BCUT2D eigenvalue weighted by Gasteiger charge is 2.01. The molecule has 0 radical (unpaired) electrons. The third-order valence-electron chi connectivity index (χ3n) is 3.11. The Bertz CT molecular complexity index is 697. The third-order valence-corrected chi connectivity index (χ3v) is 3.11. The van der Waals surface area contributed by atoms with Crippen molar-refractivity contribution in [3.63, 3.8) is 0 Å². The van der Waals surface area contributed by atoms with Crippen molar-refractivity contribution in [2.45, 2.75) is 6.54 Å². The van der Waals surface area contributed by atoms with Crippen molar-refractivity contribution in [2.24, 2.45) is 0 Å². The second-order valence-corrected chi connectivity index (χ2v) is 4.84. The number of nitrogens with one attached hydrogen (secondary N) is 1. The minimum atomic E-state index is -0.440. The Morgan fingerprint density at radius 2 is 1.83 bits per heavy atom. The van der Waals surface area contributed by atoms with E-state index < -0.39 is 5.97 Å². The summed E-state index contributed by atoms with van der Waals surface area (Å²) in [5.74, 6) is -0.0673. The average Bonchev–Trinajstić information content (AvgIpc) is 2.64. The number of pyridine rings is 1. The molecule has 0 aliphatic rings. The van der Waals surface area contributed by atoms with Crippen LogP contribution in [0.5, 0.6) is 5.75 Å². The number of methoxy groups -OCH3 is 1. The van der Waals surface area contributed by atoms with Crippen molar-refractivity contribution < 1.29 is 19.1 Å². The number of aromatic nitrogens is 1. The van der Waals surface area contributed by atoms with E-state index in [1.807, 2.05) is 12.1 Å². The van der Waals surface area contributed by atoms with Gasteiger partial charge in [-0.1, -0.05) is 12.1 Å². The predicted octanol–water partition coefficient (Wildman–Crippen LogP) is 1.96. The minimum Gasteiger partial charge on any atom is -0.482 e. The number of ether oxygens (including phenoxy) is 2. The zero-order valence-corrected chi connectivity index (χ0v) is 13.3. The maximum atomic E-state index is 11.8. The number of hydrogen-bond acceptors (Lipinski definition) is 5. The SMILES string of the molecule is COC(=O)COc1ccc(/C=C/C(=O)NCc2ccncc2)cc1. The van der Waals surface area contributed by atoms with E-state index in [0.717, 1.165) is 11.1 Å². The summed E-state index contributed by atoms with van der Waals surface area (Å²) in [5, 5.41) is 2.79. The number of hydrogen-bond donors (Lipinski definition) is 1. The molecule has 0 aliphatic carbocycles. The van der Waals surface area contributed by atoms with Crippen LogP contribution in [0.2, 0.25) is 0 Å². The molecule has 1 N–H and O–H groups in total. The fourth-order valence-corrected chi connectivity index (χ4v) is 1.80. The summed E-state index contributed by atoms with van der Waals surface area (Å²) in [4.78, 5) is 26.7. The molecule has 0 fully saturated rings.